The predicted molar refractivity (Wildman–Crippen MR) is 80.1 cm³/mol. The highest BCUT2D eigenvalue weighted by Crippen LogP contribution is 2.27. The maximum Gasteiger partial charge on any atom is 0.0695 e. The van der Waals surface area contributed by atoms with Crippen molar-refractivity contribution in [2.45, 2.75) is 63.6 Å². The molecular weight excluding hydrogens is 234 g/mol. The monoisotopic (exact) mass is 261 g/mol. The summed E-state index contributed by atoms with van der Waals surface area (Å²) < 4.78 is 0. The molecule has 0 amide bonds. The molecule has 3 atom stereocenters. The van der Waals surface area contributed by atoms with Gasteiger partial charge in [-0.2, -0.15) is 0 Å². The zero-order valence-corrected chi connectivity index (χ0v) is 12.3. The van der Waals surface area contributed by atoms with Gasteiger partial charge in [-0.3, -0.25) is 4.90 Å². The van der Waals surface area contributed by atoms with Crippen LogP contribution in [0.4, 0.5) is 0 Å². The molecule has 1 saturated carbocycles. The Morgan fingerprint density at radius 1 is 1.05 bits per heavy atom. The Morgan fingerprint density at radius 3 is 2.37 bits per heavy atom. The normalized spacial score (nSPS) is 26.7. The van der Waals surface area contributed by atoms with Crippen molar-refractivity contribution in [2.24, 2.45) is 0 Å². The third kappa shape index (κ3) is 3.80. The third-order valence-electron chi connectivity index (χ3n) is 4.61. The first-order valence-electron chi connectivity index (χ1n) is 7.65. The maximum absolute atomic E-state index is 10.4. The summed E-state index contributed by atoms with van der Waals surface area (Å²) in [5.74, 6) is 0. The van der Waals surface area contributed by atoms with Gasteiger partial charge in [0, 0.05) is 12.1 Å². The van der Waals surface area contributed by atoms with Gasteiger partial charge >= 0.3 is 0 Å². The fraction of sp³-hybridized carbons (Fsp3) is 0.647. The van der Waals surface area contributed by atoms with Crippen LogP contribution in [0.2, 0.25) is 0 Å². The quantitative estimate of drug-likeness (QED) is 0.895. The maximum atomic E-state index is 10.4. The minimum atomic E-state index is -0.170. The molecule has 1 fully saturated rings. The van der Waals surface area contributed by atoms with Gasteiger partial charge in [0.1, 0.15) is 0 Å². The Bertz CT molecular complexity index is 365. The van der Waals surface area contributed by atoms with Crippen LogP contribution in [-0.2, 0) is 0 Å². The Morgan fingerprint density at radius 2 is 1.68 bits per heavy atom. The smallest absolute Gasteiger partial charge is 0.0695 e. The largest absolute Gasteiger partial charge is 0.391 e. The number of hydrogen-bond donors (Lipinski definition) is 1. The van der Waals surface area contributed by atoms with Crippen molar-refractivity contribution in [3.05, 3.63) is 35.9 Å². The summed E-state index contributed by atoms with van der Waals surface area (Å²) in [6.07, 6.45) is 6.92. The van der Waals surface area contributed by atoms with Crippen LogP contribution in [0.5, 0.6) is 0 Å². The van der Waals surface area contributed by atoms with Crippen LogP contribution in [-0.4, -0.2) is 29.2 Å². The molecule has 106 valence electrons. The fourth-order valence-corrected chi connectivity index (χ4v) is 3.17. The molecule has 0 aromatic heterocycles. The van der Waals surface area contributed by atoms with E-state index in [2.05, 4.69) is 49.2 Å². The van der Waals surface area contributed by atoms with E-state index in [-0.39, 0.29) is 6.10 Å². The molecule has 0 spiro atoms. The molecule has 19 heavy (non-hydrogen) atoms. The van der Waals surface area contributed by atoms with Crippen LogP contribution in [0.15, 0.2) is 30.3 Å². The van der Waals surface area contributed by atoms with Crippen molar-refractivity contribution >= 4 is 0 Å². The Hall–Kier alpha value is -0.860. The van der Waals surface area contributed by atoms with Crippen LogP contribution >= 0.6 is 0 Å². The summed E-state index contributed by atoms with van der Waals surface area (Å²) in [6, 6.07) is 11.3. The third-order valence-corrected chi connectivity index (χ3v) is 4.61. The van der Waals surface area contributed by atoms with Gasteiger partial charge in [-0.05, 0) is 32.4 Å². The molecule has 1 aromatic rings. The van der Waals surface area contributed by atoms with E-state index >= 15 is 0 Å². The molecule has 1 aromatic carbocycles. The van der Waals surface area contributed by atoms with E-state index in [0.29, 0.717) is 12.1 Å². The second kappa shape index (κ2) is 7.06. The summed E-state index contributed by atoms with van der Waals surface area (Å²) in [4.78, 5) is 2.37. The van der Waals surface area contributed by atoms with Crippen molar-refractivity contribution in [3.63, 3.8) is 0 Å². The van der Waals surface area contributed by atoms with Gasteiger partial charge in [-0.1, -0.05) is 56.0 Å². The van der Waals surface area contributed by atoms with Crippen LogP contribution < -0.4 is 0 Å². The van der Waals surface area contributed by atoms with Gasteiger partial charge in [0.05, 0.1) is 6.10 Å². The molecule has 0 radical (unpaired) electrons. The van der Waals surface area contributed by atoms with Crippen molar-refractivity contribution in [3.8, 4) is 0 Å². The van der Waals surface area contributed by atoms with Crippen LogP contribution in [0.1, 0.15) is 57.1 Å². The van der Waals surface area contributed by atoms with Gasteiger partial charge in [0.15, 0.2) is 0 Å². The zero-order chi connectivity index (χ0) is 13.7. The Balaban J connectivity index is 2.05. The topological polar surface area (TPSA) is 23.5 Å². The lowest BCUT2D eigenvalue weighted by Gasteiger charge is -2.37. The molecule has 0 heterocycles. The zero-order valence-electron chi connectivity index (χ0n) is 12.3. The lowest BCUT2D eigenvalue weighted by atomic mass is 9.92. The molecule has 2 nitrogen and oxygen atoms in total. The minimum Gasteiger partial charge on any atom is -0.391 e. The van der Waals surface area contributed by atoms with Crippen molar-refractivity contribution < 1.29 is 5.11 Å². The predicted octanol–water partition coefficient (Wildman–Crippen LogP) is 3.76. The Labute approximate surface area is 117 Å². The molecule has 1 aliphatic rings. The second-order valence-corrected chi connectivity index (χ2v) is 5.88. The van der Waals surface area contributed by atoms with Gasteiger partial charge in [0.2, 0.25) is 0 Å². The molecule has 0 aliphatic heterocycles. The lowest BCUT2D eigenvalue weighted by molar-refractivity contribution is 0.0267. The van der Waals surface area contributed by atoms with Crippen LogP contribution in [0.25, 0.3) is 0 Å². The average molecular weight is 261 g/mol. The van der Waals surface area contributed by atoms with Crippen molar-refractivity contribution in [1.82, 2.24) is 4.90 Å². The van der Waals surface area contributed by atoms with E-state index in [9.17, 15) is 5.11 Å². The van der Waals surface area contributed by atoms with Gasteiger partial charge in [0.25, 0.3) is 0 Å². The van der Waals surface area contributed by atoms with Gasteiger partial charge in [-0.25, -0.2) is 0 Å². The summed E-state index contributed by atoms with van der Waals surface area (Å²) >= 11 is 0. The molecule has 2 heteroatoms. The van der Waals surface area contributed by atoms with Gasteiger partial charge < -0.3 is 5.11 Å². The van der Waals surface area contributed by atoms with Crippen molar-refractivity contribution in [2.75, 3.05) is 7.05 Å². The van der Waals surface area contributed by atoms with E-state index in [1.807, 2.05) is 0 Å². The van der Waals surface area contributed by atoms with Gasteiger partial charge in [-0.15, -0.1) is 0 Å². The number of aliphatic hydroxyl groups excluding tert-OH is 1. The standard InChI is InChI=1S/C17H27NO/c1-14(15-10-6-5-7-11-15)18(2)16-12-8-3-4-9-13-17(16)19/h5-7,10-11,14,16-17,19H,3-4,8-9,12-13H2,1-2H3/t14-,16+,17+/m0/s1. The number of hydrogen-bond acceptors (Lipinski definition) is 2. The SMILES string of the molecule is C[C@@H](c1ccccc1)N(C)[C@@H]1CCCCCC[C@H]1O. The fourth-order valence-electron chi connectivity index (χ4n) is 3.17. The second-order valence-electron chi connectivity index (χ2n) is 5.88. The molecule has 0 unspecified atom stereocenters. The number of benzene rings is 1. The first kappa shape index (κ1) is 14.5. The molecule has 1 aliphatic carbocycles. The number of nitrogens with zero attached hydrogens (tertiary/aromatic N) is 1. The molecule has 2 rings (SSSR count). The summed E-state index contributed by atoms with van der Waals surface area (Å²) in [5.41, 5.74) is 1.33. The first-order chi connectivity index (χ1) is 9.20. The molecular formula is C17H27NO. The highest BCUT2D eigenvalue weighted by Gasteiger charge is 2.27. The summed E-state index contributed by atoms with van der Waals surface area (Å²) in [7, 11) is 2.16. The van der Waals surface area contributed by atoms with E-state index < -0.39 is 0 Å². The summed E-state index contributed by atoms with van der Waals surface area (Å²) in [5, 5.41) is 10.4. The average Bonchev–Trinajstić information content (AvgIpc) is 2.43. The van der Waals surface area contributed by atoms with Crippen molar-refractivity contribution in [1.29, 1.82) is 0 Å². The molecule has 0 saturated heterocycles. The first-order valence-corrected chi connectivity index (χ1v) is 7.65. The summed E-state index contributed by atoms with van der Waals surface area (Å²) in [6.45, 7) is 2.24. The molecule has 0 bridgehead atoms. The number of likely N-dealkylation sites (N-methyl/N-ethyl adjacent to an activating group) is 1. The van der Waals surface area contributed by atoms with E-state index in [1.54, 1.807) is 0 Å². The van der Waals surface area contributed by atoms with Crippen LogP contribution in [0, 0.1) is 0 Å². The number of rotatable bonds is 3. The molecule has 1 N–H and O–H groups in total. The van der Waals surface area contributed by atoms with E-state index in [1.165, 1.54) is 31.2 Å². The minimum absolute atomic E-state index is 0.170. The highest BCUT2D eigenvalue weighted by molar-refractivity contribution is 5.18. The van der Waals surface area contributed by atoms with E-state index in [0.717, 1.165) is 12.8 Å². The lowest BCUT2D eigenvalue weighted by Crippen LogP contribution is -2.43. The number of aliphatic hydroxyl groups is 1. The van der Waals surface area contributed by atoms with Crippen LogP contribution in [0.3, 0.4) is 0 Å². The van der Waals surface area contributed by atoms with E-state index in [4.69, 9.17) is 0 Å². The Kier molecular flexibility index (Phi) is 5.41. The highest BCUT2D eigenvalue weighted by atomic mass is 16.3.